The lowest BCUT2D eigenvalue weighted by molar-refractivity contribution is 0.103. The van der Waals surface area contributed by atoms with Gasteiger partial charge < -0.3 is 5.11 Å². The summed E-state index contributed by atoms with van der Waals surface area (Å²) in [7, 11) is 0. The minimum atomic E-state index is -0.0534. The molecule has 0 aliphatic heterocycles. The van der Waals surface area contributed by atoms with Crippen LogP contribution in [0.4, 0.5) is 0 Å². The van der Waals surface area contributed by atoms with E-state index in [1.54, 1.807) is 12.1 Å². The third-order valence-electron chi connectivity index (χ3n) is 3.45. The summed E-state index contributed by atoms with van der Waals surface area (Å²) in [6.45, 7) is 0. The lowest BCUT2D eigenvalue weighted by atomic mass is 9.99. The van der Waals surface area contributed by atoms with Gasteiger partial charge >= 0.3 is 0 Å². The Hall–Kier alpha value is -2.39. The van der Waals surface area contributed by atoms with Crippen LogP contribution in [0.3, 0.4) is 0 Å². The van der Waals surface area contributed by atoms with E-state index in [2.05, 4.69) is 15.9 Å². The van der Waals surface area contributed by atoms with Crippen molar-refractivity contribution in [2.75, 3.05) is 0 Å². The molecule has 3 rings (SSSR count). The zero-order valence-corrected chi connectivity index (χ0v) is 13.2. The maximum atomic E-state index is 12.4. The predicted octanol–water partition coefficient (Wildman–Crippen LogP) is 5.05. The number of phenols is 1. The number of phenolic OH excluding ortho intramolecular Hbond substituents is 1. The number of halogens is 1. The summed E-state index contributed by atoms with van der Waals surface area (Å²) in [5.74, 6) is 0.101. The molecule has 0 spiro atoms. The average molecular weight is 353 g/mol. The average Bonchev–Trinajstić information content (AvgIpc) is 2.56. The van der Waals surface area contributed by atoms with Crippen LogP contribution in [0.15, 0.2) is 77.3 Å². The summed E-state index contributed by atoms with van der Waals surface area (Å²) in [5.41, 5.74) is 3.36. The molecule has 0 aliphatic carbocycles. The van der Waals surface area contributed by atoms with Gasteiger partial charge in [-0.2, -0.15) is 0 Å². The molecular weight excluding hydrogens is 340 g/mol. The maximum absolute atomic E-state index is 12.4. The fourth-order valence-electron chi connectivity index (χ4n) is 2.24. The highest BCUT2D eigenvalue weighted by Crippen LogP contribution is 2.23. The molecule has 0 fully saturated rings. The van der Waals surface area contributed by atoms with Crippen molar-refractivity contribution in [3.05, 3.63) is 88.4 Å². The van der Waals surface area contributed by atoms with Gasteiger partial charge in [0.1, 0.15) is 5.75 Å². The van der Waals surface area contributed by atoms with Gasteiger partial charge in [-0.3, -0.25) is 4.79 Å². The van der Waals surface area contributed by atoms with Gasteiger partial charge in [-0.1, -0.05) is 52.3 Å². The van der Waals surface area contributed by atoms with E-state index in [4.69, 9.17) is 0 Å². The minimum absolute atomic E-state index is 0.0534. The van der Waals surface area contributed by atoms with E-state index >= 15 is 0 Å². The van der Waals surface area contributed by atoms with Crippen molar-refractivity contribution in [1.82, 2.24) is 0 Å². The van der Waals surface area contributed by atoms with E-state index in [9.17, 15) is 9.90 Å². The second kappa shape index (κ2) is 6.16. The van der Waals surface area contributed by atoms with Gasteiger partial charge in [0.15, 0.2) is 5.78 Å². The van der Waals surface area contributed by atoms with Crippen LogP contribution in [0, 0.1) is 0 Å². The van der Waals surface area contributed by atoms with Crippen LogP contribution in [-0.2, 0) is 0 Å². The van der Waals surface area contributed by atoms with E-state index in [-0.39, 0.29) is 11.5 Å². The van der Waals surface area contributed by atoms with Crippen molar-refractivity contribution < 1.29 is 9.90 Å². The topological polar surface area (TPSA) is 37.3 Å². The van der Waals surface area contributed by atoms with Crippen LogP contribution in [0.2, 0.25) is 0 Å². The molecular formula is C19H13BrO2. The van der Waals surface area contributed by atoms with Gasteiger partial charge in [0, 0.05) is 15.6 Å². The Kier molecular flexibility index (Phi) is 4.07. The smallest absolute Gasteiger partial charge is 0.193 e. The predicted molar refractivity (Wildman–Crippen MR) is 91.1 cm³/mol. The zero-order chi connectivity index (χ0) is 15.5. The molecule has 3 aromatic carbocycles. The molecule has 22 heavy (non-hydrogen) atoms. The summed E-state index contributed by atoms with van der Waals surface area (Å²) >= 11 is 3.42. The molecule has 2 nitrogen and oxygen atoms in total. The van der Waals surface area contributed by atoms with Gasteiger partial charge in [-0.25, -0.2) is 0 Å². The molecule has 0 bridgehead atoms. The molecule has 0 saturated heterocycles. The molecule has 0 heterocycles. The summed E-state index contributed by atoms with van der Waals surface area (Å²) < 4.78 is 1.04. The maximum Gasteiger partial charge on any atom is 0.193 e. The minimum Gasteiger partial charge on any atom is -0.508 e. The van der Waals surface area contributed by atoms with E-state index in [0.717, 1.165) is 15.6 Å². The van der Waals surface area contributed by atoms with Crippen LogP contribution < -0.4 is 0 Å². The normalized spacial score (nSPS) is 10.4. The van der Waals surface area contributed by atoms with Crippen LogP contribution in [-0.4, -0.2) is 10.9 Å². The summed E-state index contributed by atoms with van der Waals surface area (Å²) in [4.78, 5) is 12.4. The molecule has 0 saturated carbocycles. The quantitative estimate of drug-likeness (QED) is 0.669. The molecule has 0 radical (unpaired) electrons. The second-order valence-electron chi connectivity index (χ2n) is 4.96. The van der Waals surface area contributed by atoms with Gasteiger partial charge in [0.25, 0.3) is 0 Å². The van der Waals surface area contributed by atoms with Crippen LogP contribution >= 0.6 is 15.9 Å². The molecule has 0 aliphatic rings. The van der Waals surface area contributed by atoms with Crippen molar-refractivity contribution in [3.8, 4) is 16.9 Å². The summed E-state index contributed by atoms with van der Waals surface area (Å²) in [6.07, 6.45) is 0. The Balaban J connectivity index is 1.86. The molecule has 0 aromatic heterocycles. The van der Waals surface area contributed by atoms with Gasteiger partial charge in [0.05, 0.1) is 0 Å². The van der Waals surface area contributed by atoms with E-state index < -0.39 is 0 Å². The van der Waals surface area contributed by atoms with Gasteiger partial charge in [0.2, 0.25) is 0 Å². The molecule has 3 aromatic rings. The highest BCUT2D eigenvalue weighted by atomic mass is 79.9. The van der Waals surface area contributed by atoms with Crippen LogP contribution in [0.5, 0.6) is 5.75 Å². The number of benzene rings is 3. The SMILES string of the molecule is O=C(c1ccc(O)cc1)c1ccc(-c2ccc(Br)cc2)cc1. The number of ketones is 1. The Bertz CT molecular complexity index is 788. The van der Waals surface area contributed by atoms with Crippen molar-refractivity contribution >= 4 is 21.7 Å². The number of carbonyl (C=O) groups excluding carboxylic acids is 1. The summed E-state index contributed by atoms with van der Waals surface area (Å²) in [5, 5.41) is 9.28. The van der Waals surface area contributed by atoms with Gasteiger partial charge in [-0.15, -0.1) is 0 Å². The first-order valence-electron chi connectivity index (χ1n) is 6.83. The lowest BCUT2D eigenvalue weighted by Gasteiger charge is -2.05. The number of hydrogen-bond donors (Lipinski definition) is 1. The first-order chi connectivity index (χ1) is 10.6. The van der Waals surface area contributed by atoms with Crippen molar-refractivity contribution in [2.24, 2.45) is 0 Å². The fourth-order valence-corrected chi connectivity index (χ4v) is 2.50. The lowest BCUT2D eigenvalue weighted by Crippen LogP contribution is -2.00. The molecule has 0 amide bonds. The Morgan fingerprint density at radius 2 is 1.09 bits per heavy atom. The van der Waals surface area contributed by atoms with E-state index in [0.29, 0.717) is 11.1 Å². The third-order valence-corrected chi connectivity index (χ3v) is 3.98. The molecule has 1 N–H and O–H groups in total. The first-order valence-corrected chi connectivity index (χ1v) is 7.62. The molecule has 108 valence electrons. The number of rotatable bonds is 3. The van der Waals surface area contributed by atoms with E-state index in [1.807, 2.05) is 48.5 Å². The fraction of sp³-hybridized carbons (Fsp3) is 0. The molecule has 0 unspecified atom stereocenters. The Labute approximate surface area is 137 Å². The number of hydrogen-bond acceptors (Lipinski definition) is 2. The summed E-state index contributed by atoms with van der Waals surface area (Å²) in [6, 6.07) is 21.9. The van der Waals surface area contributed by atoms with E-state index in [1.165, 1.54) is 12.1 Å². The molecule has 3 heteroatoms. The van der Waals surface area contributed by atoms with Crippen LogP contribution in [0.25, 0.3) is 11.1 Å². The monoisotopic (exact) mass is 352 g/mol. The van der Waals surface area contributed by atoms with Crippen LogP contribution in [0.1, 0.15) is 15.9 Å². The third kappa shape index (κ3) is 3.10. The Morgan fingerprint density at radius 3 is 1.59 bits per heavy atom. The second-order valence-corrected chi connectivity index (χ2v) is 5.88. The highest BCUT2D eigenvalue weighted by Gasteiger charge is 2.09. The standard InChI is InChI=1S/C19H13BrO2/c20-17-9-5-14(6-10-17)13-1-3-15(4-2-13)19(22)16-7-11-18(21)12-8-16/h1-12,21H. The van der Waals surface area contributed by atoms with Crippen molar-refractivity contribution in [2.45, 2.75) is 0 Å². The van der Waals surface area contributed by atoms with Crippen molar-refractivity contribution in [3.63, 3.8) is 0 Å². The Morgan fingerprint density at radius 1 is 0.682 bits per heavy atom. The number of aromatic hydroxyl groups is 1. The first kappa shape index (κ1) is 14.5. The van der Waals surface area contributed by atoms with Gasteiger partial charge in [-0.05, 0) is 47.5 Å². The zero-order valence-electron chi connectivity index (χ0n) is 11.7. The van der Waals surface area contributed by atoms with Crippen molar-refractivity contribution in [1.29, 1.82) is 0 Å². The highest BCUT2D eigenvalue weighted by molar-refractivity contribution is 9.10. The molecule has 0 atom stereocenters. The largest absolute Gasteiger partial charge is 0.508 e. The number of carbonyl (C=O) groups is 1.